The number of ether oxygens (including phenoxy) is 3. The molecule has 0 spiro atoms. The van der Waals surface area contributed by atoms with E-state index in [9.17, 15) is 4.79 Å². The molecule has 11 nitrogen and oxygen atoms in total. The van der Waals surface area contributed by atoms with Crippen LogP contribution in [0.25, 0.3) is 0 Å². The van der Waals surface area contributed by atoms with Gasteiger partial charge in [-0.3, -0.25) is 19.8 Å². The number of carbonyl (C=O) groups is 1. The summed E-state index contributed by atoms with van der Waals surface area (Å²) in [6, 6.07) is 1.93. The zero-order chi connectivity index (χ0) is 22.8. The molecule has 3 N–H and O–H groups in total. The van der Waals surface area contributed by atoms with Gasteiger partial charge in [0.2, 0.25) is 0 Å². The highest BCUT2D eigenvalue weighted by molar-refractivity contribution is 6.10. The number of amides is 1. The monoisotopic (exact) mass is 458 g/mol. The summed E-state index contributed by atoms with van der Waals surface area (Å²) in [5, 5.41) is 13.5. The second-order valence-corrected chi connectivity index (χ2v) is 8.57. The number of carbonyl (C=O) groups excluding carboxylic acids is 1. The topological polar surface area (TPSA) is 126 Å². The summed E-state index contributed by atoms with van der Waals surface area (Å²) in [7, 11) is 3.41. The molecule has 1 aliphatic carbocycles. The van der Waals surface area contributed by atoms with Crippen molar-refractivity contribution in [1.82, 2.24) is 20.4 Å². The number of aromatic amines is 1. The fourth-order valence-electron chi connectivity index (χ4n) is 4.80. The Morgan fingerprint density at radius 1 is 1.24 bits per heavy atom. The number of hydrogen-bond acceptors (Lipinski definition) is 9. The van der Waals surface area contributed by atoms with Crippen molar-refractivity contribution in [2.45, 2.75) is 43.7 Å². The Labute approximate surface area is 191 Å². The van der Waals surface area contributed by atoms with Gasteiger partial charge in [-0.05, 0) is 12.5 Å². The molecule has 2 aromatic rings. The summed E-state index contributed by atoms with van der Waals surface area (Å²) in [6.07, 6.45) is 4.73. The van der Waals surface area contributed by atoms with Crippen LogP contribution in [0.5, 0.6) is 0 Å². The van der Waals surface area contributed by atoms with Crippen molar-refractivity contribution in [3.8, 4) is 0 Å². The van der Waals surface area contributed by atoms with E-state index in [1.807, 2.05) is 0 Å². The number of nitrogens with zero attached hydrogens (tertiary/aromatic N) is 3. The van der Waals surface area contributed by atoms with Gasteiger partial charge in [0.05, 0.1) is 67.8 Å². The van der Waals surface area contributed by atoms with Gasteiger partial charge in [0, 0.05) is 33.7 Å². The fourth-order valence-corrected chi connectivity index (χ4v) is 4.80. The predicted molar refractivity (Wildman–Crippen MR) is 119 cm³/mol. The summed E-state index contributed by atoms with van der Waals surface area (Å²) < 4.78 is 22.2. The third kappa shape index (κ3) is 4.54. The number of anilines is 1. The molecule has 1 amide bonds. The van der Waals surface area contributed by atoms with E-state index in [0.29, 0.717) is 48.3 Å². The van der Waals surface area contributed by atoms with Crippen molar-refractivity contribution in [3.05, 3.63) is 35.5 Å². The lowest BCUT2D eigenvalue weighted by atomic mass is 9.87. The van der Waals surface area contributed by atoms with Crippen molar-refractivity contribution >= 4 is 17.4 Å². The van der Waals surface area contributed by atoms with E-state index in [2.05, 4.69) is 25.7 Å². The molecule has 33 heavy (non-hydrogen) atoms. The minimum Gasteiger partial charge on any atom is -0.467 e. The molecule has 4 heterocycles. The second-order valence-electron chi connectivity index (χ2n) is 8.57. The molecule has 1 saturated carbocycles. The minimum atomic E-state index is -0.246. The number of aliphatic imine (C=N–C) groups is 1. The van der Waals surface area contributed by atoms with Gasteiger partial charge in [-0.15, -0.1) is 0 Å². The Morgan fingerprint density at radius 3 is 2.82 bits per heavy atom. The quantitative estimate of drug-likeness (QED) is 0.561. The van der Waals surface area contributed by atoms with E-state index >= 15 is 0 Å². The molecule has 11 heteroatoms. The van der Waals surface area contributed by atoms with Crippen LogP contribution < -0.4 is 10.6 Å². The van der Waals surface area contributed by atoms with Gasteiger partial charge in [-0.2, -0.15) is 5.10 Å². The Morgan fingerprint density at radius 2 is 2.03 bits per heavy atom. The van der Waals surface area contributed by atoms with E-state index in [4.69, 9.17) is 23.6 Å². The molecule has 3 aliphatic rings. The Hall–Kier alpha value is -2.73. The van der Waals surface area contributed by atoms with Crippen LogP contribution in [0.15, 0.2) is 27.9 Å². The first-order valence-electron chi connectivity index (χ1n) is 11.3. The van der Waals surface area contributed by atoms with Gasteiger partial charge >= 0.3 is 0 Å². The van der Waals surface area contributed by atoms with Crippen LogP contribution in [0.1, 0.15) is 34.7 Å². The van der Waals surface area contributed by atoms with Crippen LogP contribution in [-0.4, -0.2) is 91.7 Å². The van der Waals surface area contributed by atoms with Crippen LogP contribution in [0.4, 0.5) is 5.69 Å². The molecular formula is C22H30N6O5. The van der Waals surface area contributed by atoms with Gasteiger partial charge in [0.1, 0.15) is 17.3 Å². The lowest BCUT2D eigenvalue weighted by Crippen LogP contribution is -2.49. The first-order valence-corrected chi connectivity index (χ1v) is 11.3. The number of rotatable bonds is 7. The number of amidine groups is 1. The van der Waals surface area contributed by atoms with Crippen LogP contribution in [0.3, 0.4) is 0 Å². The fraction of sp³-hybridized carbons (Fsp3) is 0.591. The van der Waals surface area contributed by atoms with Gasteiger partial charge in [-0.1, -0.05) is 0 Å². The largest absolute Gasteiger partial charge is 0.467 e. The van der Waals surface area contributed by atoms with E-state index in [0.717, 1.165) is 25.9 Å². The smallest absolute Gasteiger partial charge is 0.259 e. The molecule has 4 atom stereocenters. The predicted octanol–water partition coefficient (Wildman–Crippen LogP) is 0.998. The SMILES string of the molecule is COC1CC2N=C(c3[nH]ncc3NC(=O)c3ccoc3CN3CCOCC3)NC2CC1OC. The maximum atomic E-state index is 13.1. The summed E-state index contributed by atoms with van der Waals surface area (Å²) in [6.45, 7) is 3.57. The highest BCUT2D eigenvalue weighted by Crippen LogP contribution is 2.30. The van der Waals surface area contributed by atoms with Crippen molar-refractivity contribution in [2.24, 2.45) is 4.99 Å². The average Bonchev–Trinajstić information content (AvgIpc) is 3.57. The molecule has 0 radical (unpaired) electrons. The summed E-state index contributed by atoms with van der Waals surface area (Å²) in [5.41, 5.74) is 1.73. The Bertz CT molecular complexity index is 997. The maximum absolute atomic E-state index is 13.1. The van der Waals surface area contributed by atoms with E-state index in [-0.39, 0.29) is 30.2 Å². The first kappa shape index (κ1) is 22.1. The summed E-state index contributed by atoms with van der Waals surface area (Å²) in [4.78, 5) is 20.1. The molecule has 178 valence electrons. The molecule has 5 rings (SSSR count). The molecule has 1 saturated heterocycles. The summed E-state index contributed by atoms with van der Waals surface area (Å²) >= 11 is 0. The number of methoxy groups -OCH3 is 2. The van der Waals surface area contributed by atoms with Crippen LogP contribution >= 0.6 is 0 Å². The molecule has 0 aromatic carbocycles. The Kier molecular flexibility index (Phi) is 6.45. The zero-order valence-electron chi connectivity index (χ0n) is 18.9. The lowest BCUT2D eigenvalue weighted by molar-refractivity contribution is -0.0659. The van der Waals surface area contributed by atoms with Gasteiger partial charge in [-0.25, -0.2) is 0 Å². The molecule has 2 aliphatic heterocycles. The third-order valence-corrected chi connectivity index (χ3v) is 6.65. The van der Waals surface area contributed by atoms with Crippen molar-refractivity contribution < 1.29 is 23.4 Å². The normalized spacial score (nSPS) is 27.6. The van der Waals surface area contributed by atoms with Gasteiger partial charge in [0.25, 0.3) is 5.91 Å². The molecule has 2 fully saturated rings. The number of nitrogens with one attached hydrogen (secondary N) is 3. The average molecular weight is 459 g/mol. The number of morpholine rings is 1. The number of aromatic nitrogens is 2. The second kappa shape index (κ2) is 9.64. The van der Waals surface area contributed by atoms with E-state index < -0.39 is 0 Å². The number of hydrogen-bond donors (Lipinski definition) is 3. The number of H-pyrrole nitrogens is 1. The lowest BCUT2D eigenvalue weighted by Gasteiger charge is -2.35. The molecule has 0 bridgehead atoms. The van der Waals surface area contributed by atoms with Crippen LogP contribution in [0.2, 0.25) is 0 Å². The number of furan rings is 1. The first-order chi connectivity index (χ1) is 16.2. The van der Waals surface area contributed by atoms with Crippen LogP contribution in [0, 0.1) is 0 Å². The van der Waals surface area contributed by atoms with Crippen molar-refractivity contribution in [2.75, 3.05) is 45.8 Å². The minimum absolute atomic E-state index is 0.00747. The highest BCUT2D eigenvalue weighted by Gasteiger charge is 2.41. The van der Waals surface area contributed by atoms with Crippen molar-refractivity contribution in [3.63, 3.8) is 0 Å². The standard InChI is InChI=1S/C22H30N6O5/c1-30-17-9-14-15(10-18(17)31-2)25-21(24-14)20-16(11-23-27-20)26-22(29)13-3-6-33-19(13)12-28-4-7-32-8-5-28/h3,6,11,14-15,17-18H,4-5,7-10,12H2,1-2H3,(H,23,27)(H,24,25)(H,26,29). The Balaban J connectivity index is 1.28. The maximum Gasteiger partial charge on any atom is 0.259 e. The number of fused-ring (bicyclic) bond motifs is 1. The van der Waals surface area contributed by atoms with Gasteiger partial charge < -0.3 is 29.3 Å². The third-order valence-electron chi connectivity index (χ3n) is 6.65. The molecule has 4 unspecified atom stereocenters. The zero-order valence-corrected chi connectivity index (χ0v) is 18.9. The highest BCUT2D eigenvalue weighted by atomic mass is 16.5. The van der Waals surface area contributed by atoms with Crippen molar-refractivity contribution in [1.29, 1.82) is 0 Å². The molecule has 2 aromatic heterocycles. The van der Waals surface area contributed by atoms with Crippen LogP contribution in [-0.2, 0) is 20.8 Å². The summed E-state index contributed by atoms with van der Waals surface area (Å²) in [5.74, 6) is 1.08. The molecular weight excluding hydrogens is 428 g/mol. The van der Waals surface area contributed by atoms with E-state index in [1.165, 1.54) is 0 Å². The van der Waals surface area contributed by atoms with Gasteiger partial charge in [0.15, 0.2) is 0 Å². The van der Waals surface area contributed by atoms with E-state index in [1.54, 1.807) is 32.7 Å².